The van der Waals surface area contributed by atoms with Crippen molar-refractivity contribution < 1.29 is 23.9 Å². The number of carbonyl (C=O) groups excluding carboxylic acids is 3. The molecular weight excluding hydrogens is 701 g/mol. The van der Waals surface area contributed by atoms with E-state index in [1.807, 2.05) is 19.9 Å². The minimum atomic E-state index is -0.827. The molecular formula is C42H48N6O5S. The van der Waals surface area contributed by atoms with E-state index in [9.17, 15) is 14.4 Å². The van der Waals surface area contributed by atoms with Crippen LogP contribution in [0.15, 0.2) is 29.8 Å². The average molecular weight is 749 g/mol. The Hall–Kier alpha value is -4.57. The summed E-state index contributed by atoms with van der Waals surface area (Å²) in [7, 11) is 1.69. The number of methoxy groups -OCH3 is 1. The van der Waals surface area contributed by atoms with Crippen LogP contribution in [0.2, 0.25) is 0 Å². The lowest BCUT2D eigenvalue weighted by Crippen LogP contribution is -2.60. The highest BCUT2D eigenvalue weighted by molar-refractivity contribution is 7.10. The van der Waals surface area contributed by atoms with E-state index in [0.717, 1.165) is 70.0 Å². The van der Waals surface area contributed by atoms with E-state index in [1.165, 1.54) is 27.4 Å². The SMILES string of the molecule is C#Cc1cnc([C@H](C)OC)c(-c2c3c4cc(cc5c4n2CCC5)-c2csc(n2)C[C@H](NC(=O)[C@H]2C[C@@H]2C)C(=O)N2CCC[C@H](N2)C(=O)OCC(C)(C)C3)c1. The molecule has 11 nitrogen and oxygen atoms in total. The minimum Gasteiger partial charge on any atom is -0.464 e. The number of rotatable bonds is 5. The number of nitrogens with zero attached hydrogens (tertiary/aromatic N) is 4. The van der Waals surface area contributed by atoms with Gasteiger partial charge in [0.05, 0.1) is 40.3 Å². The van der Waals surface area contributed by atoms with Gasteiger partial charge in [0.25, 0.3) is 5.91 Å². The maximum absolute atomic E-state index is 14.1. The molecule has 0 radical (unpaired) electrons. The molecule has 4 aliphatic rings. The van der Waals surface area contributed by atoms with E-state index in [1.54, 1.807) is 13.3 Å². The molecule has 2 amide bonds. The molecule has 1 aliphatic carbocycles. The number of ether oxygens (including phenoxy) is 2. The van der Waals surface area contributed by atoms with E-state index in [-0.39, 0.29) is 36.9 Å². The normalized spacial score (nSPS) is 24.3. The van der Waals surface area contributed by atoms with E-state index >= 15 is 0 Å². The summed E-state index contributed by atoms with van der Waals surface area (Å²) in [6, 6.07) is 5.03. The molecule has 3 aliphatic heterocycles. The van der Waals surface area contributed by atoms with Crippen LogP contribution in [0, 0.1) is 29.6 Å². The van der Waals surface area contributed by atoms with Crippen molar-refractivity contribution in [2.75, 3.05) is 20.3 Å². The van der Waals surface area contributed by atoms with Crippen LogP contribution in [-0.2, 0) is 49.7 Å². The molecule has 1 saturated carbocycles. The topological polar surface area (TPSA) is 128 Å². The van der Waals surface area contributed by atoms with Crippen LogP contribution >= 0.6 is 11.3 Å². The number of hydrogen-bond acceptors (Lipinski definition) is 9. The number of hydrazine groups is 1. The van der Waals surface area contributed by atoms with E-state index in [0.29, 0.717) is 37.3 Å². The predicted octanol–water partition coefficient (Wildman–Crippen LogP) is 5.77. The number of aromatic nitrogens is 3. The zero-order valence-corrected chi connectivity index (χ0v) is 32.5. The Balaban J connectivity index is 1.29. The van der Waals surface area contributed by atoms with Gasteiger partial charge in [-0.1, -0.05) is 26.7 Å². The van der Waals surface area contributed by atoms with Crippen LogP contribution in [0.25, 0.3) is 33.4 Å². The Labute approximate surface area is 320 Å². The largest absolute Gasteiger partial charge is 0.464 e. The first-order valence-electron chi connectivity index (χ1n) is 19.1. The number of benzene rings is 1. The van der Waals surface area contributed by atoms with Gasteiger partial charge in [0.2, 0.25) is 5.91 Å². The van der Waals surface area contributed by atoms with E-state index < -0.39 is 23.5 Å². The highest BCUT2D eigenvalue weighted by Crippen LogP contribution is 2.45. The van der Waals surface area contributed by atoms with Crippen LogP contribution in [-0.4, -0.2) is 69.7 Å². The van der Waals surface area contributed by atoms with Gasteiger partial charge >= 0.3 is 5.97 Å². The van der Waals surface area contributed by atoms with Gasteiger partial charge in [-0.2, -0.15) is 0 Å². The zero-order chi connectivity index (χ0) is 37.9. The monoisotopic (exact) mass is 748 g/mol. The summed E-state index contributed by atoms with van der Waals surface area (Å²) in [5.41, 5.74) is 11.6. The van der Waals surface area contributed by atoms with Crippen LogP contribution in [0.4, 0.5) is 0 Å². The van der Waals surface area contributed by atoms with Crippen LogP contribution in [0.1, 0.15) is 86.9 Å². The molecule has 282 valence electrons. The summed E-state index contributed by atoms with van der Waals surface area (Å²) in [4.78, 5) is 50.9. The maximum Gasteiger partial charge on any atom is 0.324 e. The van der Waals surface area contributed by atoms with Gasteiger partial charge in [-0.3, -0.25) is 24.4 Å². The zero-order valence-electron chi connectivity index (χ0n) is 31.7. The van der Waals surface area contributed by atoms with Gasteiger partial charge < -0.3 is 19.4 Å². The molecule has 1 saturated heterocycles. The van der Waals surface area contributed by atoms with Gasteiger partial charge in [0.1, 0.15) is 12.1 Å². The Morgan fingerprint density at radius 3 is 2.80 bits per heavy atom. The first-order chi connectivity index (χ1) is 25.9. The van der Waals surface area contributed by atoms with Crippen molar-refractivity contribution in [1.82, 2.24) is 30.3 Å². The lowest BCUT2D eigenvalue weighted by Gasteiger charge is -2.35. The fourth-order valence-electron chi connectivity index (χ4n) is 8.38. The summed E-state index contributed by atoms with van der Waals surface area (Å²) in [5, 5.41) is 8.47. The molecule has 6 heterocycles. The first kappa shape index (κ1) is 36.4. The van der Waals surface area contributed by atoms with Gasteiger partial charge in [-0.05, 0) is 80.7 Å². The molecule has 2 N–H and O–H groups in total. The molecule has 4 aromatic rings. The second-order valence-corrected chi connectivity index (χ2v) is 17.2. The highest BCUT2D eigenvalue weighted by atomic mass is 32.1. The van der Waals surface area contributed by atoms with Crippen molar-refractivity contribution in [3.63, 3.8) is 0 Å². The average Bonchev–Trinajstić information content (AvgIpc) is 3.59. The number of esters is 1. The molecule has 1 aromatic carbocycles. The van der Waals surface area contributed by atoms with Crippen molar-refractivity contribution in [1.29, 1.82) is 0 Å². The molecule has 6 bridgehead atoms. The van der Waals surface area contributed by atoms with Crippen molar-refractivity contribution in [3.05, 3.63) is 57.2 Å². The number of terminal acetylenes is 1. The summed E-state index contributed by atoms with van der Waals surface area (Å²) in [5.74, 6) is 2.21. The fraction of sp³-hybridized carbons (Fsp3) is 0.500. The number of thiazole rings is 1. The van der Waals surface area contributed by atoms with E-state index in [4.69, 9.17) is 25.9 Å². The Morgan fingerprint density at radius 1 is 1.22 bits per heavy atom. The fourth-order valence-corrected chi connectivity index (χ4v) is 9.23. The summed E-state index contributed by atoms with van der Waals surface area (Å²) >= 11 is 1.49. The first-order valence-corrected chi connectivity index (χ1v) is 20.0. The van der Waals surface area contributed by atoms with Gasteiger partial charge in [0.15, 0.2) is 0 Å². The van der Waals surface area contributed by atoms with Crippen LogP contribution in [0.3, 0.4) is 0 Å². The molecule has 0 spiro atoms. The van der Waals surface area contributed by atoms with Gasteiger partial charge in [-0.25, -0.2) is 10.4 Å². The molecule has 8 rings (SSSR count). The maximum atomic E-state index is 14.1. The Morgan fingerprint density at radius 2 is 2.04 bits per heavy atom. The summed E-state index contributed by atoms with van der Waals surface area (Å²) < 4.78 is 14.3. The van der Waals surface area contributed by atoms with Crippen LogP contribution < -0.4 is 10.7 Å². The molecule has 0 unspecified atom stereocenters. The second kappa shape index (κ2) is 14.3. The van der Waals surface area contributed by atoms with Crippen molar-refractivity contribution >= 4 is 40.0 Å². The number of carbonyl (C=O) groups is 3. The number of fused-ring (bicyclic) bond motifs is 6. The number of pyridine rings is 1. The van der Waals surface area contributed by atoms with E-state index in [2.05, 4.69) is 52.6 Å². The highest BCUT2D eigenvalue weighted by Gasteiger charge is 2.42. The number of hydrogen-bond donors (Lipinski definition) is 2. The lowest BCUT2D eigenvalue weighted by molar-refractivity contribution is -0.155. The lowest BCUT2D eigenvalue weighted by atomic mass is 9.83. The molecule has 54 heavy (non-hydrogen) atoms. The van der Waals surface area contributed by atoms with Crippen molar-refractivity contribution in [3.8, 4) is 34.9 Å². The molecule has 3 aromatic heterocycles. The van der Waals surface area contributed by atoms with Gasteiger partial charge in [-0.15, -0.1) is 17.8 Å². The number of nitrogens with one attached hydrogen (secondary N) is 2. The van der Waals surface area contributed by atoms with Crippen molar-refractivity contribution in [2.45, 2.75) is 97.4 Å². The van der Waals surface area contributed by atoms with Crippen LogP contribution in [0.5, 0.6) is 0 Å². The Kier molecular flexibility index (Phi) is 9.61. The molecule has 12 heteroatoms. The second-order valence-electron chi connectivity index (χ2n) is 16.3. The smallest absolute Gasteiger partial charge is 0.324 e. The standard InChI is InChI=1S/C42H48N6O5S/c1-7-25-15-30(36(43-20-25)24(3)52-6)38-31-19-42(4,5)22-53-41(51)32-11-9-13-48(46-32)40(50)33(45-39(49)28-14-23(28)2)18-35-44-34(21-54-35)27-16-26-10-8-12-47(38)37(26)29(31)17-27/h1,15-17,20-21,23-24,28,32-33,46H,8-14,18-19,22H2,2-6H3,(H,45,49)/t23-,24-,28-,32-,33-/m0/s1. The predicted molar refractivity (Wildman–Crippen MR) is 207 cm³/mol. The summed E-state index contributed by atoms with van der Waals surface area (Å²) in [6.07, 6.45) is 12.1. The quantitative estimate of drug-likeness (QED) is 0.195. The third kappa shape index (κ3) is 6.82. The minimum absolute atomic E-state index is 0.0909. The number of cyclic esters (lactones) is 1. The number of amides is 2. The Bertz CT molecular complexity index is 2200. The third-order valence-electron chi connectivity index (χ3n) is 11.5. The van der Waals surface area contributed by atoms with Crippen molar-refractivity contribution in [2.24, 2.45) is 17.3 Å². The third-order valence-corrected chi connectivity index (χ3v) is 12.4. The number of aryl methyl sites for hydroxylation is 2. The molecule has 2 fully saturated rings. The van der Waals surface area contributed by atoms with Gasteiger partial charge in [0, 0.05) is 71.6 Å². The molecule has 5 atom stereocenters. The summed E-state index contributed by atoms with van der Waals surface area (Å²) in [6.45, 7) is 9.72.